The zero-order valence-corrected chi connectivity index (χ0v) is 21.4. The standard InChI is InChI=1S/C25H28Br2N2O2/c1-4-7-16-10-12-19(17(14-16)8-5-2)25-28-24(29-31-25)20(9-6-3)23(30)21-15-18(26)11-13-22(21)27/h10-15,20H,4-9H2,1-3H3. The maximum absolute atomic E-state index is 13.4. The molecule has 6 heteroatoms. The predicted molar refractivity (Wildman–Crippen MR) is 132 cm³/mol. The quantitative estimate of drug-likeness (QED) is 0.242. The summed E-state index contributed by atoms with van der Waals surface area (Å²) in [6, 6.07) is 12.1. The first-order valence-corrected chi connectivity index (χ1v) is 12.5. The Morgan fingerprint density at radius 2 is 1.77 bits per heavy atom. The van der Waals surface area contributed by atoms with Gasteiger partial charge in [-0.15, -0.1) is 0 Å². The van der Waals surface area contributed by atoms with Crippen LogP contribution >= 0.6 is 31.9 Å². The second-order valence-corrected chi connectivity index (χ2v) is 9.55. The Morgan fingerprint density at radius 3 is 2.48 bits per heavy atom. The van der Waals surface area contributed by atoms with E-state index < -0.39 is 5.92 Å². The van der Waals surface area contributed by atoms with Crippen LogP contribution < -0.4 is 0 Å². The SMILES string of the molecule is CCCc1ccc(-c2nc(C(CCC)C(=O)c3cc(Br)ccc3Br)no2)c(CCC)c1. The Kier molecular flexibility index (Phi) is 8.61. The first kappa shape index (κ1) is 23.9. The lowest BCUT2D eigenvalue weighted by Crippen LogP contribution is -2.15. The third-order valence-corrected chi connectivity index (χ3v) is 6.48. The Bertz CT molecular complexity index is 1050. The number of halogens is 2. The van der Waals surface area contributed by atoms with E-state index in [-0.39, 0.29) is 5.78 Å². The van der Waals surface area contributed by atoms with E-state index in [9.17, 15) is 4.79 Å². The van der Waals surface area contributed by atoms with Gasteiger partial charge < -0.3 is 4.52 Å². The number of carbonyl (C=O) groups is 1. The van der Waals surface area contributed by atoms with Crippen molar-refractivity contribution < 1.29 is 9.32 Å². The Labute approximate surface area is 201 Å². The molecule has 0 spiro atoms. The molecule has 0 aliphatic carbocycles. The Morgan fingerprint density at radius 1 is 1.00 bits per heavy atom. The summed E-state index contributed by atoms with van der Waals surface area (Å²) in [6.07, 6.45) is 5.67. The molecule has 164 valence electrons. The molecule has 0 radical (unpaired) electrons. The van der Waals surface area contributed by atoms with Gasteiger partial charge in [0.05, 0.1) is 5.92 Å². The van der Waals surface area contributed by atoms with Crippen LogP contribution in [0.1, 0.15) is 79.7 Å². The van der Waals surface area contributed by atoms with Crippen LogP contribution in [0.25, 0.3) is 11.5 Å². The molecule has 1 atom stereocenters. The fourth-order valence-electron chi connectivity index (χ4n) is 3.80. The van der Waals surface area contributed by atoms with Crippen molar-refractivity contribution in [2.45, 2.75) is 65.2 Å². The average molecular weight is 548 g/mol. The van der Waals surface area contributed by atoms with Gasteiger partial charge in [0.2, 0.25) is 0 Å². The van der Waals surface area contributed by atoms with E-state index in [1.165, 1.54) is 11.1 Å². The number of rotatable bonds is 10. The Balaban J connectivity index is 1.96. The molecule has 1 aromatic heterocycles. The number of aryl methyl sites for hydroxylation is 2. The second-order valence-electron chi connectivity index (χ2n) is 7.78. The van der Waals surface area contributed by atoms with Crippen molar-refractivity contribution in [2.24, 2.45) is 0 Å². The smallest absolute Gasteiger partial charge is 0.258 e. The van der Waals surface area contributed by atoms with Gasteiger partial charge in [0.25, 0.3) is 5.89 Å². The molecular weight excluding hydrogens is 520 g/mol. The van der Waals surface area contributed by atoms with E-state index in [1.54, 1.807) is 0 Å². The zero-order chi connectivity index (χ0) is 22.4. The van der Waals surface area contributed by atoms with Gasteiger partial charge in [0.15, 0.2) is 11.6 Å². The molecule has 2 aromatic carbocycles. The average Bonchev–Trinajstić information content (AvgIpc) is 3.23. The summed E-state index contributed by atoms with van der Waals surface area (Å²) in [7, 11) is 0. The summed E-state index contributed by atoms with van der Waals surface area (Å²) in [5, 5.41) is 4.24. The minimum atomic E-state index is -0.443. The molecule has 0 bridgehead atoms. The molecule has 3 aromatic rings. The summed E-state index contributed by atoms with van der Waals surface area (Å²) in [5.41, 5.74) is 4.13. The minimum Gasteiger partial charge on any atom is -0.334 e. The summed E-state index contributed by atoms with van der Waals surface area (Å²) in [4.78, 5) is 18.1. The van der Waals surface area contributed by atoms with Crippen molar-refractivity contribution in [2.75, 3.05) is 0 Å². The molecular formula is C25H28Br2N2O2. The third-order valence-electron chi connectivity index (χ3n) is 5.30. The maximum Gasteiger partial charge on any atom is 0.258 e. The lowest BCUT2D eigenvalue weighted by Gasteiger charge is -2.12. The molecule has 0 fully saturated rings. The van der Waals surface area contributed by atoms with Gasteiger partial charge in [-0.3, -0.25) is 4.79 Å². The van der Waals surface area contributed by atoms with Crippen LogP contribution in [0.5, 0.6) is 0 Å². The van der Waals surface area contributed by atoms with Crippen molar-refractivity contribution in [1.82, 2.24) is 10.1 Å². The summed E-state index contributed by atoms with van der Waals surface area (Å²) >= 11 is 6.97. The largest absolute Gasteiger partial charge is 0.334 e. The monoisotopic (exact) mass is 546 g/mol. The topological polar surface area (TPSA) is 56.0 Å². The van der Waals surface area contributed by atoms with Crippen molar-refractivity contribution in [3.8, 4) is 11.5 Å². The maximum atomic E-state index is 13.4. The van der Waals surface area contributed by atoms with Crippen molar-refractivity contribution in [3.63, 3.8) is 0 Å². The van der Waals surface area contributed by atoms with Gasteiger partial charge in [-0.25, -0.2) is 0 Å². The van der Waals surface area contributed by atoms with Crippen LogP contribution in [0.15, 0.2) is 49.9 Å². The van der Waals surface area contributed by atoms with Gasteiger partial charge in [-0.05, 0) is 54.7 Å². The van der Waals surface area contributed by atoms with E-state index in [1.807, 2.05) is 18.2 Å². The molecule has 0 aliphatic heterocycles. The first-order valence-electron chi connectivity index (χ1n) is 10.9. The molecule has 0 saturated carbocycles. The van der Waals surface area contributed by atoms with Gasteiger partial charge in [-0.1, -0.05) is 89.2 Å². The van der Waals surface area contributed by atoms with Gasteiger partial charge >= 0.3 is 0 Å². The summed E-state index contributed by atoms with van der Waals surface area (Å²) in [5.74, 6) is 0.494. The van der Waals surface area contributed by atoms with Crippen LogP contribution in [-0.4, -0.2) is 15.9 Å². The number of nitrogens with zero attached hydrogens (tertiary/aromatic N) is 2. The highest BCUT2D eigenvalue weighted by atomic mass is 79.9. The number of benzene rings is 2. The van der Waals surface area contributed by atoms with Crippen molar-refractivity contribution in [1.29, 1.82) is 0 Å². The normalized spacial score (nSPS) is 12.2. The number of carbonyl (C=O) groups excluding carboxylic acids is 1. The Hall–Kier alpha value is -1.79. The van der Waals surface area contributed by atoms with E-state index in [2.05, 4.69) is 76.0 Å². The molecule has 0 N–H and O–H groups in total. The van der Waals surface area contributed by atoms with Gasteiger partial charge in [0, 0.05) is 20.1 Å². The zero-order valence-electron chi connectivity index (χ0n) is 18.3. The number of Topliss-reactive ketones (excluding diaryl/α,β-unsaturated/α-hetero) is 1. The van der Waals surface area contributed by atoms with Crippen molar-refractivity contribution >= 4 is 37.6 Å². The molecule has 1 unspecified atom stereocenters. The molecule has 1 heterocycles. The van der Waals surface area contributed by atoms with Gasteiger partial charge in [0.1, 0.15) is 0 Å². The predicted octanol–water partition coefficient (Wildman–Crippen LogP) is 7.93. The third kappa shape index (κ3) is 5.72. The molecule has 3 rings (SSSR count). The van der Waals surface area contributed by atoms with E-state index in [4.69, 9.17) is 9.51 Å². The van der Waals surface area contributed by atoms with E-state index in [0.29, 0.717) is 23.7 Å². The van der Waals surface area contributed by atoms with Crippen LogP contribution in [-0.2, 0) is 12.8 Å². The number of hydrogen-bond donors (Lipinski definition) is 0. The van der Waals surface area contributed by atoms with Crippen LogP contribution in [0.2, 0.25) is 0 Å². The molecule has 0 aliphatic rings. The van der Waals surface area contributed by atoms with E-state index in [0.717, 1.165) is 46.6 Å². The highest BCUT2D eigenvalue weighted by molar-refractivity contribution is 9.11. The highest BCUT2D eigenvalue weighted by Gasteiger charge is 2.28. The molecule has 4 nitrogen and oxygen atoms in total. The van der Waals surface area contributed by atoms with Crippen LogP contribution in [0.3, 0.4) is 0 Å². The molecule has 31 heavy (non-hydrogen) atoms. The number of hydrogen-bond acceptors (Lipinski definition) is 4. The summed E-state index contributed by atoms with van der Waals surface area (Å²) in [6.45, 7) is 6.41. The fraction of sp³-hybridized carbons (Fsp3) is 0.400. The lowest BCUT2D eigenvalue weighted by molar-refractivity contribution is 0.0948. The van der Waals surface area contributed by atoms with E-state index >= 15 is 0 Å². The number of aromatic nitrogens is 2. The minimum absolute atomic E-state index is 0.00514. The van der Waals surface area contributed by atoms with Gasteiger partial charge in [-0.2, -0.15) is 4.98 Å². The summed E-state index contributed by atoms with van der Waals surface area (Å²) < 4.78 is 7.30. The van der Waals surface area contributed by atoms with Crippen LogP contribution in [0, 0.1) is 0 Å². The lowest BCUT2D eigenvalue weighted by atomic mass is 9.93. The fourth-order valence-corrected chi connectivity index (χ4v) is 4.61. The molecule has 0 saturated heterocycles. The molecule has 0 amide bonds. The second kappa shape index (κ2) is 11.2. The van der Waals surface area contributed by atoms with Crippen molar-refractivity contribution in [3.05, 3.63) is 67.9 Å². The highest BCUT2D eigenvalue weighted by Crippen LogP contribution is 2.32. The first-order chi connectivity index (χ1) is 15.0. The number of ketones is 1. The van der Waals surface area contributed by atoms with Crippen LogP contribution in [0.4, 0.5) is 0 Å².